The maximum Gasteiger partial charge on any atom is 0.303 e. The molecule has 1 fully saturated rings. The fourth-order valence-corrected chi connectivity index (χ4v) is 1.60. The van der Waals surface area contributed by atoms with Gasteiger partial charge in [-0.25, -0.2) is 0 Å². The Labute approximate surface area is 93.8 Å². The topological polar surface area (TPSA) is 71.1 Å². The van der Waals surface area contributed by atoms with Crippen LogP contribution in [0.5, 0.6) is 0 Å². The van der Waals surface area contributed by atoms with Gasteiger partial charge in [-0.1, -0.05) is 0 Å². The third-order valence-corrected chi connectivity index (χ3v) is 2.17. The third kappa shape index (κ3) is 3.46. The number of rotatable bonds is 3. The Balaban J connectivity index is 2.69. The van der Waals surface area contributed by atoms with Crippen LogP contribution in [0.4, 0.5) is 0 Å². The Morgan fingerprint density at radius 1 is 1.19 bits per heavy atom. The second-order valence-electron chi connectivity index (χ2n) is 3.49. The SMILES string of the molecule is CO[C@@H]1OCC[C@H](OC(C)=O)[C@H]1OC(C)=O. The van der Waals surface area contributed by atoms with Gasteiger partial charge in [0.15, 0.2) is 12.4 Å². The molecule has 0 bridgehead atoms. The molecule has 1 aliphatic rings. The van der Waals surface area contributed by atoms with Gasteiger partial charge in [-0.05, 0) is 0 Å². The van der Waals surface area contributed by atoms with Gasteiger partial charge in [0.2, 0.25) is 0 Å². The van der Waals surface area contributed by atoms with Gasteiger partial charge in [0.25, 0.3) is 0 Å². The fourth-order valence-electron chi connectivity index (χ4n) is 1.60. The molecular weight excluding hydrogens is 216 g/mol. The number of hydrogen-bond acceptors (Lipinski definition) is 6. The van der Waals surface area contributed by atoms with Crippen molar-refractivity contribution in [1.82, 2.24) is 0 Å². The summed E-state index contributed by atoms with van der Waals surface area (Å²) in [6, 6.07) is 0. The monoisotopic (exact) mass is 232 g/mol. The number of hydrogen-bond donors (Lipinski definition) is 0. The molecule has 0 N–H and O–H groups in total. The van der Waals surface area contributed by atoms with Crippen molar-refractivity contribution in [3.05, 3.63) is 0 Å². The summed E-state index contributed by atoms with van der Waals surface area (Å²) in [6.07, 6.45) is -1.43. The molecule has 0 aliphatic carbocycles. The molecule has 1 rings (SSSR count). The molecule has 0 unspecified atom stereocenters. The van der Waals surface area contributed by atoms with Crippen LogP contribution in [0.25, 0.3) is 0 Å². The largest absolute Gasteiger partial charge is 0.458 e. The van der Waals surface area contributed by atoms with Gasteiger partial charge >= 0.3 is 11.9 Å². The number of esters is 2. The van der Waals surface area contributed by atoms with E-state index in [0.29, 0.717) is 13.0 Å². The van der Waals surface area contributed by atoms with Crippen molar-refractivity contribution in [2.75, 3.05) is 13.7 Å². The number of methoxy groups -OCH3 is 1. The molecule has 0 aromatic rings. The van der Waals surface area contributed by atoms with Crippen LogP contribution in [0, 0.1) is 0 Å². The molecule has 0 amide bonds. The molecule has 1 aliphatic heterocycles. The smallest absolute Gasteiger partial charge is 0.303 e. The van der Waals surface area contributed by atoms with Gasteiger partial charge in [0.05, 0.1) is 6.61 Å². The fraction of sp³-hybridized carbons (Fsp3) is 0.800. The van der Waals surface area contributed by atoms with Crippen LogP contribution in [0.1, 0.15) is 20.3 Å². The van der Waals surface area contributed by atoms with Crippen LogP contribution < -0.4 is 0 Å². The zero-order chi connectivity index (χ0) is 12.1. The maximum absolute atomic E-state index is 10.9. The number of carbonyl (C=O) groups is 2. The lowest BCUT2D eigenvalue weighted by atomic mass is 10.1. The Hall–Kier alpha value is -1.14. The second-order valence-corrected chi connectivity index (χ2v) is 3.49. The normalized spacial score (nSPS) is 29.6. The van der Waals surface area contributed by atoms with Crippen molar-refractivity contribution in [3.63, 3.8) is 0 Å². The van der Waals surface area contributed by atoms with Crippen LogP contribution in [-0.2, 0) is 28.5 Å². The molecule has 1 saturated heterocycles. The van der Waals surface area contributed by atoms with E-state index in [1.54, 1.807) is 0 Å². The molecule has 6 heteroatoms. The lowest BCUT2D eigenvalue weighted by Crippen LogP contribution is -2.49. The quantitative estimate of drug-likeness (QED) is 0.649. The number of carbonyl (C=O) groups excluding carboxylic acids is 2. The first-order valence-corrected chi connectivity index (χ1v) is 5.03. The Bertz CT molecular complexity index is 264. The van der Waals surface area contributed by atoms with E-state index in [-0.39, 0.29) is 0 Å². The summed E-state index contributed by atoms with van der Waals surface area (Å²) in [6.45, 7) is 2.99. The molecule has 0 radical (unpaired) electrons. The summed E-state index contributed by atoms with van der Waals surface area (Å²) < 4.78 is 20.4. The van der Waals surface area contributed by atoms with Gasteiger partial charge in [0, 0.05) is 27.4 Å². The molecule has 92 valence electrons. The van der Waals surface area contributed by atoms with Gasteiger partial charge in [0.1, 0.15) is 6.10 Å². The minimum atomic E-state index is -0.708. The summed E-state index contributed by atoms with van der Waals surface area (Å²) >= 11 is 0. The van der Waals surface area contributed by atoms with Crippen molar-refractivity contribution in [1.29, 1.82) is 0 Å². The average Bonchev–Trinajstić information content (AvgIpc) is 2.19. The van der Waals surface area contributed by atoms with E-state index in [9.17, 15) is 9.59 Å². The summed E-state index contributed by atoms with van der Waals surface area (Å²) in [5.74, 6) is -0.881. The molecule has 0 aromatic heterocycles. The van der Waals surface area contributed by atoms with Crippen LogP contribution in [0.15, 0.2) is 0 Å². The highest BCUT2D eigenvalue weighted by molar-refractivity contribution is 5.67. The third-order valence-electron chi connectivity index (χ3n) is 2.17. The highest BCUT2D eigenvalue weighted by Gasteiger charge is 2.39. The molecule has 1 heterocycles. The van der Waals surface area contributed by atoms with Gasteiger partial charge in [-0.3, -0.25) is 9.59 Å². The van der Waals surface area contributed by atoms with Crippen molar-refractivity contribution in [2.24, 2.45) is 0 Å². The van der Waals surface area contributed by atoms with E-state index < -0.39 is 30.4 Å². The minimum Gasteiger partial charge on any atom is -0.458 e. The van der Waals surface area contributed by atoms with Crippen LogP contribution in [-0.4, -0.2) is 44.2 Å². The zero-order valence-electron chi connectivity index (χ0n) is 9.60. The van der Waals surface area contributed by atoms with Crippen molar-refractivity contribution in [2.45, 2.75) is 38.8 Å². The molecule has 0 saturated carbocycles. The second kappa shape index (κ2) is 5.81. The van der Waals surface area contributed by atoms with Gasteiger partial charge in [-0.2, -0.15) is 0 Å². The predicted octanol–water partition coefficient (Wildman–Crippen LogP) is 0.243. The summed E-state index contributed by atoms with van der Waals surface area (Å²) in [7, 11) is 1.44. The minimum absolute atomic E-state index is 0.397. The van der Waals surface area contributed by atoms with Gasteiger partial charge < -0.3 is 18.9 Å². The Morgan fingerprint density at radius 3 is 2.31 bits per heavy atom. The van der Waals surface area contributed by atoms with Crippen molar-refractivity contribution >= 4 is 11.9 Å². The van der Waals surface area contributed by atoms with Crippen LogP contribution >= 0.6 is 0 Å². The standard InChI is InChI=1S/C10H16O6/c1-6(11)15-8-4-5-14-10(13-3)9(8)16-7(2)12/h8-10H,4-5H2,1-3H3/t8-,9+,10+/m0/s1. The van der Waals surface area contributed by atoms with E-state index in [1.807, 2.05) is 0 Å². The first kappa shape index (κ1) is 12.9. The Morgan fingerprint density at radius 2 is 1.81 bits per heavy atom. The summed E-state index contributed by atoms with van der Waals surface area (Å²) in [5.41, 5.74) is 0. The lowest BCUT2D eigenvalue weighted by Gasteiger charge is -2.35. The van der Waals surface area contributed by atoms with E-state index in [4.69, 9.17) is 18.9 Å². The highest BCUT2D eigenvalue weighted by Crippen LogP contribution is 2.21. The predicted molar refractivity (Wildman–Crippen MR) is 52.5 cm³/mol. The summed E-state index contributed by atoms with van der Waals surface area (Å²) in [5, 5.41) is 0. The molecule has 0 spiro atoms. The number of ether oxygens (including phenoxy) is 4. The molecular formula is C10H16O6. The lowest BCUT2D eigenvalue weighted by molar-refractivity contribution is -0.247. The first-order chi connectivity index (χ1) is 7.54. The van der Waals surface area contributed by atoms with Gasteiger partial charge in [-0.15, -0.1) is 0 Å². The molecule has 0 aromatic carbocycles. The summed E-state index contributed by atoms with van der Waals surface area (Å²) in [4.78, 5) is 21.8. The first-order valence-electron chi connectivity index (χ1n) is 5.03. The van der Waals surface area contributed by atoms with Crippen LogP contribution in [0.3, 0.4) is 0 Å². The van der Waals surface area contributed by atoms with E-state index in [0.717, 1.165) is 0 Å². The van der Waals surface area contributed by atoms with E-state index >= 15 is 0 Å². The Kier molecular flexibility index (Phi) is 4.70. The molecule has 6 nitrogen and oxygen atoms in total. The maximum atomic E-state index is 10.9. The molecule has 16 heavy (non-hydrogen) atoms. The van der Waals surface area contributed by atoms with Crippen LogP contribution in [0.2, 0.25) is 0 Å². The highest BCUT2D eigenvalue weighted by atomic mass is 16.7. The van der Waals surface area contributed by atoms with Crippen molar-refractivity contribution in [3.8, 4) is 0 Å². The van der Waals surface area contributed by atoms with Crippen molar-refractivity contribution < 1.29 is 28.5 Å². The molecule has 3 atom stereocenters. The van der Waals surface area contributed by atoms with E-state index in [2.05, 4.69) is 0 Å². The van der Waals surface area contributed by atoms with E-state index in [1.165, 1.54) is 21.0 Å². The zero-order valence-corrected chi connectivity index (χ0v) is 9.60. The average molecular weight is 232 g/mol.